The van der Waals surface area contributed by atoms with Crippen LogP contribution in [0.3, 0.4) is 0 Å². The lowest BCUT2D eigenvalue weighted by atomic mass is 9.97. The van der Waals surface area contributed by atoms with Crippen molar-refractivity contribution >= 4 is 11.9 Å². The van der Waals surface area contributed by atoms with Crippen molar-refractivity contribution < 1.29 is 14.3 Å². The largest absolute Gasteiger partial charge is 0.465 e. The molecular formula is C19H24N4O3. The lowest BCUT2D eigenvalue weighted by Gasteiger charge is -2.20. The Labute approximate surface area is 152 Å². The van der Waals surface area contributed by atoms with Crippen LogP contribution in [0.1, 0.15) is 40.4 Å². The highest BCUT2D eigenvalue weighted by atomic mass is 16.5. The summed E-state index contributed by atoms with van der Waals surface area (Å²) in [6, 6.07) is 8.97. The molecule has 7 nitrogen and oxygen atoms in total. The highest BCUT2D eigenvalue weighted by Crippen LogP contribution is 2.21. The van der Waals surface area contributed by atoms with Gasteiger partial charge in [-0.15, -0.1) is 0 Å². The van der Waals surface area contributed by atoms with Crippen LogP contribution >= 0.6 is 0 Å². The smallest absolute Gasteiger partial charge is 0.337 e. The van der Waals surface area contributed by atoms with Crippen LogP contribution in [-0.2, 0) is 22.6 Å². The zero-order valence-electron chi connectivity index (χ0n) is 14.9. The van der Waals surface area contributed by atoms with Crippen LogP contribution in [0.15, 0.2) is 36.5 Å². The first kappa shape index (κ1) is 18.1. The molecule has 0 saturated carbocycles. The van der Waals surface area contributed by atoms with Gasteiger partial charge in [0.05, 0.1) is 18.4 Å². The third-order valence-electron chi connectivity index (χ3n) is 4.55. The van der Waals surface area contributed by atoms with E-state index in [-0.39, 0.29) is 18.4 Å². The van der Waals surface area contributed by atoms with Crippen molar-refractivity contribution in [2.45, 2.75) is 31.8 Å². The van der Waals surface area contributed by atoms with Gasteiger partial charge in [-0.1, -0.05) is 12.1 Å². The number of aromatic nitrogens is 2. The maximum absolute atomic E-state index is 12.1. The van der Waals surface area contributed by atoms with Crippen LogP contribution < -0.4 is 10.6 Å². The monoisotopic (exact) mass is 356 g/mol. The highest BCUT2D eigenvalue weighted by molar-refractivity contribution is 5.89. The standard InChI is InChI=1S/C19H24N4O3/c1-26-19(25)15-6-4-14(5-7-15)11-21-18(24)13-23-10-8-17(22-23)16-3-2-9-20-12-16/h4-8,10,16,20H,2-3,9,11-13H2,1H3,(H,21,24)/t16-/m0/s1. The molecule has 1 aromatic heterocycles. The van der Waals surface area contributed by atoms with Gasteiger partial charge in [0.1, 0.15) is 6.54 Å². The Morgan fingerprint density at radius 3 is 2.81 bits per heavy atom. The minimum Gasteiger partial charge on any atom is -0.465 e. The van der Waals surface area contributed by atoms with Crippen molar-refractivity contribution in [3.63, 3.8) is 0 Å². The van der Waals surface area contributed by atoms with Crippen LogP contribution in [0.4, 0.5) is 0 Å². The van der Waals surface area contributed by atoms with Gasteiger partial charge in [0.15, 0.2) is 0 Å². The number of nitrogens with zero attached hydrogens (tertiary/aromatic N) is 2. The molecule has 1 aliphatic rings. The molecule has 0 spiro atoms. The predicted octanol–water partition coefficient (Wildman–Crippen LogP) is 1.45. The van der Waals surface area contributed by atoms with Crippen LogP contribution in [0.2, 0.25) is 0 Å². The molecule has 3 rings (SSSR count). The maximum atomic E-state index is 12.1. The summed E-state index contributed by atoms with van der Waals surface area (Å²) in [6.07, 6.45) is 4.15. The Hall–Kier alpha value is -2.67. The van der Waals surface area contributed by atoms with E-state index in [1.807, 2.05) is 12.3 Å². The van der Waals surface area contributed by atoms with Crippen molar-refractivity contribution in [2.75, 3.05) is 20.2 Å². The zero-order chi connectivity index (χ0) is 18.4. The molecule has 26 heavy (non-hydrogen) atoms. The van der Waals surface area contributed by atoms with E-state index >= 15 is 0 Å². The van der Waals surface area contributed by atoms with Crippen LogP contribution in [0.5, 0.6) is 0 Å². The van der Waals surface area contributed by atoms with Crippen molar-refractivity contribution in [2.24, 2.45) is 0 Å². The molecule has 1 fully saturated rings. The summed E-state index contributed by atoms with van der Waals surface area (Å²) in [4.78, 5) is 23.5. The number of carbonyl (C=O) groups excluding carboxylic acids is 2. The number of methoxy groups -OCH3 is 1. The van der Waals surface area contributed by atoms with E-state index in [9.17, 15) is 9.59 Å². The fourth-order valence-electron chi connectivity index (χ4n) is 3.07. The average Bonchev–Trinajstić information content (AvgIpc) is 3.15. The molecule has 138 valence electrons. The second-order valence-corrected chi connectivity index (χ2v) is 6.45. The van der Waals surface area contributed by atoms with Gasteiger partial charge >= 0.3 is 5.97 Å². The van der Waals surface area contributed by atoms with E-state index in [0.717, 1.165) is 37.2 Å². The molecule has 0 bridgehead atoms. The summed E-state index contributed by atoms with van der Waals surface area (Å²) in [7, 11) is 1.35. The first-order chi connectivity index (χ1) is 12.7. The van der Waals surface area contributed by atoms with Gasteiger partial charge < -0.3 is 15.4 Å². The van der Waals surface area contributed by atoms with Gasteiger partial charge in [-0.3, -0.25) is 9.48 Å². The first-order valence-electron chi connectivity index (χ1n) is 8.83. The van der Waals surface area contributed by atoms with Crippen LogP contribution in [-0.4, -0.2) is 41.9 Å². The van der Waals surface area contributed by atoms with Gasteiger partial charge in [-0.2, -0.15) is 5.10 Å². The number of benzene rings is 1. The summed E-state index contributed by atoms with van der Waals surface area (Å²) in [6.45, 7) is 2.62. The molecule has 2 N–H and O–H groups in total. The molecule has 7 heteroatoms. The summed E-state index contributed by atoms with van der Waals surface area (Å²) >= 11 is 0. The molecule has 2 heterocycles. The average molecular weight is 356 g/mol. The third kappa shape index (κ3) is 4.70. The Morgan fingerprint density at radius 1 is 1.31 bits per heavy atom. The van der Waals surface area contributed by atoms with Crippen molar-refractivity contribution in [1.29, 1.82) is 0 Å². The molecule has 1 aromatic carbocycles. The van der Waals surface area contributed by atoms with Crippen molar-refractivity contribution in [3.8, 4) is 0 Å². The Kier molecular flexibility index (Phi) is 6.01. The van der Waals surface area contributed by atoms with Crippen LogP contribution in [0, 0.1) is 0 Å². The zero-order valence-corrected chi connectivity index (χ0v) is 14.9. The molecule has 1 saturated heterocycles. The van der Waals surface area contributed by atoms with Gasteiger partial charge in [0.2, 0.25) is 5.91 Å². The van der Waals surface area contributed by atoms with Gasteiger partial charge in [-0.05, 0) is 43.1 Å². The van der Waals surface area contributed by atoms with E-state index < -0.39 is 0 Å². The molecular weight excluding hydrogens is 332 g/mol. The second kappa shape index (κ2) is 8.62. The number of carbonyl (C=O) groups is 2. The fraction of sp³-hybridized carbons (Fsp3) is 0.421. The number of amides is 1. The highest BCUT2D eigenvalue weighted by Gasteiger charge is 2.17. The van der Waals surface area contributed by atoms with Crippen molar-refractivity contribution in [3.05, 3.63) is 53.3 Å². The third-order valence-corrected chi connectivity index (χ3v) is 4.55. The summed E-state index contributed by atoms with van der Waals surface area (Å²) < 4.78 is 6.34. The Morgan fingerprint density at radius 2 is 2.12 bits per heavy atom. The Bertz CT molecular complexity index is 748. The number of rotatable bonds is 6. The number of esters is 1. The number of piperidine rings is 1. The van der Waals surface area contributed by atoms with Gasteiger partial charge in [0, 0.05) is 25.2 Å². The second-order valence-electron chi connectivity index (χ2n) is 6.45. The predicted molar refractivity (Wildman–Crippen MR) is 96.7 cm³/mol. The molecule has 1 atom stereocenters. The fourth-order valence-corrected chi connectivity index (χ4v) is 3.07. The van der Waals surface area contributed by atoms with E-state index in [1.165, 1.54) is 7.11 Å². The summed E-state index contributed by atoms with van der Waals surface area (Å²) in [5.74, 6) is -0.0388. The van der Waals surface area contributed by atoms with Crippen LogP contribution in [0.25, 0.3) is 0 Å². The number of nitrogens with one attached hydrogen (secondary N) is 2. The summed E-state index contributed by atoms with van der Waals surface area (Å²) in [5.41, 5.74) is 2.45. The SMILES string of the molecule is COC(=O)c1ccc(CNC(=O)Cn2ccc([C@H]3CCCNC3)n2)cc1. The molecule has 1 aliphatic heterocycles. The Balaban J connectivity index is 1.48. The first-order valence-corrected chi connectivity index (χ1v) is 8.83. The minimum absolute atomic E-state index is 0.0986. The molecule has 1 amide bonds. The van der Waals surface area contributed by atoms with Gasteiger partial charge in [0.25, 0.3) is 0 Å². The lowest BCUT2D eigenvalue weighted by molar-refractivity contribution is -0.122. The van der Waals surface area contributed by atoms with E-state index in [2.05, 4.69) is 20.5 Å². The minimum atomic E-state index is -0.372. The number of hydrogen-bond donors (Lipinski definition) is 2. The number of hydrogen-bond acceptors (Lipinski definition) is 5. The topological polar surface area (TPSA) is 85.2 Å². The molecule has 0 radical (unpaired) electrons. The van der Waals surface area contributed by atoms with Crippen molar-refractivity contribution in [1.82, 2.24) is 20.4 Å². The lowest BCUT2D eigenvalue weighted by Crippen LogP contribution is -2.29. The van der Waals surface area contributed by atoms with Gasteiger partial charge in [-0.25, -0.2) is 4.79 Å². The maximum Gasteiger partial charge on any atom is 0.337 e. The summed E-state index contributed by atoms with van der Waals surface area (Å²) in [5, 5.41) is 10.8. The molecule has 2 aromatic rings. The normalized spacial score (nSPS) is 16.9. The van der Waals surface area contributed by atoms with E-state index in [0.29, 0.717) is 18.0 Å². The van der Waals surface area contributed by atoms with E-state index in [4.69, 9.17) is 0 Å². The molecule has 0 unspecified atom stereocenters. The molecule has 0 aliphatic carbocycles. The quantitative estimate of drug-likeness (QED) is 0.766. The number of ether oxygens (including phenoxy) is 1. The van der Waals surface area contributed by atoms with E-state index in [1.54, 1.807) is 28.9 Å².